The van der Waals surface area contributed by atoms with Gasteiger partial charge in [0.25, 0.3) is 0 Å². The summed E-state index contributed by atoms with van der Waals surface area (Å²) in [4.78, 5) is 15.2. The van der Waals surface area contributed by atoms with Crippen molar-refractivity contribution >= 4 is 56.7 Å². The Morgan fingerprint density at radius 1 is 1.12 bits per heavy atom. The number of hydrogen-bond acceptors (Lipinski definition) is 3. The smallest absolute Gasteiger partial charge is 0.247 e. The van der Waals surface area contributed by atoms with Crippen LogP contribution in [0.1, 0.15) is 16.1 Å². The second-order valence-electron chi connectivity index (χ2n) is 5.19. The summed E-state index contributed by atoms with van der Waals surface area (Å²) in [5, 5.41) is 5.77. The SMILES string of the molecule is O=C(OF)c1nn(-c2ccc(Cl)cc2Cl)c(-c2ccc(Cl)cc2)c1CBr. The van der Waals surface area contributed by atoms with Crippen LogP contribution in [0.5, 0.6) is 0 Å². The number of carbonyl (C=O) groups is 1. The molecule has 3 aromatic rings. The van der Waals surface area contributed by atoms with Crippen molar-refractivity contribution in [2.24, 2.45) is 0 Å². The molecule has 4 nitrogen and oxygen atoms in total. The highest BCUT2D eigenvalue weighted by molar-refractivity contribution is 9.08. The monoisotopic (exact) mass is 476 g/mol. The number of halogens is 5. The fourth-order valence-electron chi connectivity index (χ4n) is 2.51. The lowest BCUT2D eigenvalue weighted by molar-refractivity contribution is -0.0794. The first-order valence-electron chi connectivity index (χ1n) is 7.18. The van der Waals surface area contributed by atoms with Crippen molar-refractivity contribution in [2.45, 2.75) is 5.33 Å². The molecule has 0 saturated carbocycles. The van der Waals surface area contributed by atoms with Gasteiger partial charge in [0.15, 0.2) is 5.69 Å². The Balaban J connectivity index is 2.33. The zero-order valence-electron chi connectivity index (χ0n) is 12.8. The molecule has 1 aromatic heterocycles. The van der Waals surface area contributed by atoms with Crippen LogP contribution in [-0.2, 0) is 10.3 Å². The second kappa shape index (κ2) is 7.96. The van der Waals surface area contributed by atoms with Crippen LogP contribution < -0.4 is 0 Å². The molecule has 0 aliphatic carbocycles. The summed E-state index contributed by atoms with van der Waals surface area (Å²) in [5.74, 6) is -1.20. The van der Waals surface area contributed by atoms with E-state index in [0.29, 0.717) is 37.6 Å². The fourth-order valence-corrected chi connectivity index (χ4v) is 3.65. The number of alkyl halides is 1. The second-order valence-corrected chi connectivity index (χ2v) is 7.03. The van der Waals surface area contributed by atoms with Crippen molar-refractivity contribution in [3.05, 3.63) is 68.8 Å². The molecule has 134 valence electrons. The third-order valence-corrected chi connectivity index (χ3v) is 4.99. The van der Waals surface area contributed by atoms with Crippen LogP contribution in [0, 0.1) is 0 Å². The summed E-state index contributed by atoms with van der Waals surface area (Å²) in [5.41, 5.74) is 2.01. The average molecular weight is 479 g/mol. The van der Waals surface area contributed by atoms with E-state index in [0.717, 1.165) is 0 Å². The minimum absolute atomic E-state index is 0.166. The summed E-state index contributed by atoms with van der Waals surface area (Å²) in [7, 11) is 0. The Hall–Kier alpha value is -1.60. The summed E-state index contributed by atoms with van der Waals surface area (Å²) >= 11 is 21.5. The molecule has 0 atom stereocenters. The minimum Gasteiger partial charge on any atom is -0.247 e. The number of nitrogens with zero attached hydrogens (tertiary/aromatic N) is 2. The Kier molecular flexibility index (Phi) is 5.87. The first-order chi connectivity index (χ1) is 12.5. The van der Waals surface area contributed by atoms with Gasteiger partial charge in [-0.25, -0.2) is 14.4 Å². The molecule has 0 fully saturated rings. The predicted octanol–water partition coefficient (Wildman–Crippen LogP) is 6.44. The van der Waals surface area contributed by atoms with Crippen molar-refractivity contribution in [3.8, 4) is 16.9 Å². The van der Waals surface area contributed by atoms with Crippen molar-refractivity contribution in [1.29, 1.82) is 0 Å². The van der Waals surface area contributed by atoms with Gasteiger partial charge in [-0.1, -0.05) is 62.9 Å². The largest absolute Gasteiger partial charge is 0.399 e. The number of aromatic nitrogens is 2. The van der Waals surface area contributed by atoms with Crippen LogP contribution in [0.4, 0.5) is 4.53 Å². The van der Waals surface area contributed by atoms with E-state index in [9.17, 15) is 9.32 Å². The van der Waals surface area contributed by atoms with E-state index < -0.39 is 5.97 Å². The van der Waals surface area contributed by atoms with E-state index in [1.165, 1.54) is 4.68 Å². The molecule has 0 aliphatic rings. The van der Waals surface area contributed by atoms with Crippen LogP contribution in [0.2, 0.25) is 15.1 Å². The molecule has 0 spiro atoms. The standard InChI is InChI=1S/C17H9BrCl3FN2O2/c18-8-12-15(17(25)26-22)23-24(14-6-5-11(20)7-13(14)21)16(12)9-1-3-10(19)4-2-9/h1-7H,8H2. The van der Waals surface area contributed by atoms with Crippen molar-refractivity contribution in [2.75, 3.05) is 0 Å². The molecule has 0 radical (unpaired) electrons. The number of rotatable bonds is 4. The van der Waals surface area contributed by atoms with E-state index in [1.54, 1.807) is 42.5 Å². The first-order valence-corrected chi connectivity index (χ1v) is 9.44. The molecule has 2 aromatic carbocycles. The molecule has 0 amide bonds. The van der Waals surface area contributed by atoms with E-state index in [-0.39, 0.29) is 11.0 Å². The van der Waals surface area contributed by atoms with E-state index in [4.69, 9.17) is 34.8 Å². The van der Waals surface area contributed by atoms with Crippen molar-refractivity contribution in [1.82, 2.24) is 9.78 Å². The highest BCUT2D eigenvalue weighted by atomic mass is 79.9. The topological polar surface area (TPSA) is 44.1 Å². The van der Waals surface area contributed by atoms with Gasteiger partial charge in [-0.3, -0.25) is 0 Å². The van der Waals surface area contributed by atoms with E-state index in [2.05, 4.69) is 26.0 Å². The van der Waals surface area contributed by atoms with Crippen LogP contribution >= 0.6 is 50.7 Å². The average Bonchev–Trinajstić information content (AvgIpc) is 3.01. The van der Waals surface area contributed by atoms with Gasteiger partial charge in [0.2, 0.25) is 0 Å². The Morgan fingerprint density at radius 3 is 2.35 bits per heavy atom. The number of hydrogen-bond donors (Lipinski definition) is 0. The molecule has 9 heteroatoms. The van der Waals surface area contributed by atoms with Gasteiger partial charge < -0.3 is 0 Å². The lowest BCUT2D eigenvalue weighted by Crippen LogP contribution is -2.04. The maximum atomic E-state index is 12.5. The van der Waals surface area contributed by atoms with Crippen LogP contribution in [0.3, 0.4) is 0 Å². The molecular formula is C17H9BrCl3FN2O2. The fraction of sp³-hybridized carbons (Fsp3) is 0.0588. The zero-order chi connectivity index (χ0) is 18.8. The highest BCUT2D eigenvalue weighted by Gasteiger charge is 2.26. The maximum absolute atomic E-state index is 12.5. The molecule has 0 unspecified atom stereocenters. The van der Waals surface area contributed by atoms with Gasteiger partial charge in [-0.15, -0.1) is 0 Å². The predicted molar refractivity (Wildman–Crippen MR) is 103 cm³/mol. The van der Waals surface area contributed by atoms with Crippen LogP contribution in [0.25, 0.3) is 16.9 Å². The number of benzene rings is 2. The molecule has 0 saturated heterocycles. The molecule has 3 rings (SSSR count). The summed E-state index contributed by atoms with van der Waals surface area (Å²) in [6.45, 7) is 0. The lowest BCUT2D eigenvalue weighted by atomic mass is 10.1. The molecule has 1 heterocycles. The van der Waals surface area contributed by atoms with E-state index in [1.807, 2.05) is 0 Å². The van der Waals surface area contributed by atoms with Gasteiger partial charge in [0.05, 0.1) is 16.4 Å². The van der Waals surface area contributed by atoms with Crippen molar-refractivity contribution < 1.29 is 14.3 Å². The van der Waals surface area contributed by atoms with Gasteiger partial charge in [0.1, 0.15) is 0 Å². The third-order valence-electron chi connectivity index (χ3n) is 3.64. The molecule has 0 N–H and O–H groups in total. The number of carbonyl (C=O) groups excluding carboxylic acids is 1. The lowest BCUT2D eigenvalue weighted by Gasteiger charge is -2.11. The van der Waals surface area contributed by atoms with Crippen LogP contribution in [0.15, 0.2) is 42.5 Å². The summed E-state index contributed by atoms with van der Waals surface area (Å²) in [6.07, 6.45) is 0. The van der Waals surface area contributed by atoms with Crippen molar-refractivity contribution in [3.63, 3.8) is 0 Å². The van der Waals surface area contributed by atoms with Crippen LogP contribution in [-0.4, -0.2) is 15.7 Å². The minimum atomic E-state index is -1.20. The van der Waals surface area contributed by atoms with Gasteiger partial charge in [-0.05, 0) is 30.3 Å². The Morgan fingerprint density at radius 2 is 1.77 bits per heavy atom. The quantitative estimate of drug-likeness (QED) is 0.406. The molecular weight excluding hydrogens is 469 g/mol. The maximum Gasteiger partial charge on any atom is 0.399 e. The van der Waals surface area contributed by atoms with Gasteiger partial charge in [0, 0.05) is 31.0 Å². The van der Waals surface area contributed by atoms with Gasteiger partial charge in [-0.2, -0.15) is 5.10 Å². The Bertz CT molecular complexity index is 977. The highest BCUT2D eigenvalue weighted by Crippen LogP contribution is 2.34. The van der Waals surface area contributed by atoms with Gasteiger partial charge >= 0.3 is 5.97 Å². The third kappa shape index (κ3) is 3.60. The summed E-state index contributed by atoms with van der Waals surface area (Å²) < 4.78 is 14.0. The zero-order valence-corrected chi connectivity index (χ0v) is 16.7. The molecule has 0 aliphatic heterocycles. The normalized spacial score (nSPS) is 10.8. The first kappa shape index (κ1) is 19.2. The Labute approximate surface area is 171 Å². The molecule has 26 heavy (non-hydrogen) atoms. The van der Waals surface area contributed by atoms with E-state index >= 15 is 0 Å². The molecule has 0 bridgehead atoms. The summed E-state index contributed by atoms with van der Waals surface area (Å²) in [6, 6.07) is 11.8.